The van der Waals surface area contributed by atoms with Crippen LogP contribution in [0.5, 0.6) is 0 Å². The van der Waals surface area contributed by atoms with Gasteiger partial charge in [0.1, 0.15) is 0 Å². The first-order valence-electron chi connectivity index (χ1n) is 3.95. The SMILES string of the molecule is CSCC1CC(C(C)SC)S1. The third kappa shape index (κ3) is 2.78. The predicted octanol–water partition coefficient (Wildman–Crippen LogP) is 2.98. The first-order chi connectivity index (χ1) is 5.27. The van der Waals surface area contributed by atoms with Gasteiger partial charge >= 0.3 is 0 Å². The number of rotatable bonds is 4. The second kappa shape index (κ2) is 4.93. The fourth-order valence-electron chi connectivity index (χ4n) is 1.24. The van der Waals surface area contributed by atoms with E-state index in [0.29, 0.717) is 0 Å². The molecule has 0 amide bonds. The van der Waals surface area contributed by atoms with Crippen molar-refractivity contribution < 1.29 is 0 Å². The highest BCUT2D eigenvalue weighted by Crippen LogP contribution is 2.42. The molecule has 1 fully saturated rings. The van der Waals surface area contributed by atoms with E-state index in [1.54, 1.807) is 0 Å². The Kier molecular flexibility index (Phi) is 4.54. The lowest BCUT2D eigenvalue weighted by molar-refractivity contribution is 0.692. The monoisotopic (exact) mass is 208 g/mol. The summed E-state index contributed by atoms with van der Waals surface area (Å²) < 4.78 is 0. The Morgan fingerprint density at radius 3 is 2.64 bits per heavy atom. The standard InChI is InChI=1S/C8H16S3/c1-6(10-3)8-4-7(11-8)5-9-2/h6-8H,4-5H2,1-3H3. The van der Waals surface area contributed by atoms with Gasteiger partial charge in [-0.1, -0.05) is 6.92 Å². The summed E-state index contributed by atoms with van der Waals surface area (Å²) in [5.74, 6) is 1.35. The van der Waals surface area contributed by atoms with E-state index in [4.69, 9.17) is 0 Å². The van der Waals surface area contributed by atoms with Crippen molar-refractivity contribution in [1.82, 2.24) is 0 Å². The summed E-state index contributed by atoms with van der Waals surface area (Å²) >= 11 is 6.17. The van der Waals surface area contributed by atoms with Gasteiger partial charge in [0.2, 0.25) is 0 Å². The van der Waals surface area contributed by atoms with E-state index in [1.165, 1.54) is 12.2 Å². The van der Waals surface area contributed by atoms with Gasteiger partial charge < -0.3 is 0 Å². The Morgan fingerprint density at radius 1 is 1.55 bits per heavy atom. The van der Waals surface area contributed by atoms with Crippen LogP contribution in [0.4, 0.5) is 0 Å². The first-order valence-corrected chi connectivity index (χ1v) is 7.57. The highest BCUT2D eigenvalue weighted by molar-refractivity contribution is 8.06. The zero-order chi connectivity index (χ0) is 8.27. The molecule has 0 aromatic carbocycles. The minimum absolute atomic E-state index is 0.859. The molecule has 1 aliphatic heterocycles. The summed E-state index contributed by atoms with van der Waals surface area (Å²) in [4.78, 5) is 0. The smallest absolute Gasteiger partial charge is 0.0177 e. The lowest BCUT2D eigenvalue weighted by Gasteiger charge is -2.37. The van der Waals surface area contributed by atoms with Crippen molar-refractivity contribution in [3.8, 4) is 0 Å². The van der Waals surface area contributed by atoms with Crippen LogP contribution in [-0.2, 0) is 0 Å². The van der Waals surface area contributed by atoms with Crippen molar-refractivity contribution in [2.75, 3.05) is 18.3 Å². The van der Waals surface area contributed by atoms with Gasteiger partial charge in [-0.3, -0.25) is 0 Å². The molecular formula is C8H16S3. The molecule has 0 saturated carbocycles. The predicted molar refractivity (Wildman–Crippen MR) is 61.1 cm³/mol. The molecule has 3 unspecified atom stereocenters. The van der Waals surface area contributed by atoms with Gasteiger partial charge in [0.05, 0.1) is 0 Å². The van der Waals surface area contributed by atoms with Crippen molar-refractivity contribution in [2.24, 2.45) is 0 Å². The summed E-state index contributed by atoms with van der Waals surface area (Å²) in [6.45, 7) is 2.34. The third-order valence-corrected chi connectivity index (χ3v) is 6.00. The van der Waals surface area contributed by atoms with Crippen LogP contribution in [0.3, 0.4) is 0 Å². The number of thioether (sulfide) groups is 3. The molecule has 1 heterocycles. The highest BCUT2D eigenvalue weighted by Gasteiger charge is 2.32. The Bertz CT molecular complexity index is 110. The van der Waals surface area contributed by atoms with E-state index in [9.17, 15) is 0 Å². The third-order valence-electron chi connectivity index (χ3n) is 2.11. The van der Waals surface area contributed by atoms with Crippen LogP contribution in [0.2, 0.25) is 0 Å². The van der Waals surface area contributed by atoms with E-state index in [0.717, 1.165) is 15.7 Å². The average Bonchev–Trinajstić information content (AvgIpc) is 1.94. The molecule has 3 heteroatoms. The maximum atomic E-state index is 2.34. The van der Waals surface area contributed by atoms with E-state index in [-0.39, 0.29) is 0 Å². The van der Waals surface area contributed by atoms with Gasteiger partial charge in [0, 0.05) is 21.5 Å². The average molecular weight is 208 g/mol. The molecule has 0 spiro atoms. The molecule has 0 N–H and O–H groups in total. The Balaban J connectivity index is 2.08. The molecule has 0 bridgehead atoms. The van der Waals surface area contributed by atoms with Crippen molar-refractivity contribution in [3.63, 3.8) is 0 Å². The number of hydrogen-bond donors (Lipinski definition) is 0. The van der Waals surface area contributed by atoms with Crippen LogP contribution >= 0.6 is 35.3 Å². The molecule has 0 radical (unpaired) electrons. The summed E-state index contributed by atoms with van der Waals surface area (Å²) in [7, 11) is 0. The summed E-state index contributed by atoms with van der Waals surface area (Å²) in [5, 5.41) is 2.77. The maximum absolute atomic E-state index is 2.34. The lowest BCUT2D eigenvalue weighted by Crippen LogP contribution is -2.34. The first kappa shape index (κ1) is 10.1. The largest absolute Gasteiger partial charge is 0.164 e. The Morgan fingerprint density at radius 2 is 2.18 bits per heavy atom. The van der Waals surface area contributed by atoms with Gasteiger partial charge in [-0.15, -0.1) is 0 Å². The zero-order valence-electron chi connectivity index (χ0n) is 7.37. The molecule has 1 rings (SSSR count). The van der Waals surface area contributed by atoms with Crippen molar-refractivity contribution in [2.45, 2.75) is 29.1 Å². The zero-order valence-corrected chi connectivity index (χ0v) is 9.82. The fraction of sp³-hybridized carbons (Fsp3) is 1.00. The molecule has 1 saturated heterocycles. The maximum Gasteiger partial charge on any atom is 0.0177 e. The van der Waals surface area contributed by atoms with Crippen molar-refractivity contribution >= 4 is 35.3 Å². The van der Waals surface area contributed by atoms with Gasteiger partial charge in [-0.25, -0.2) is 0 Å². The molecule has 66 valence electrons. The van der Waals surface area contributed by atoms with Gasteiger partial charge in [-0.05, 0) is 18.9 Å². The molecule has 0 aliphatic carbocycles. The quantitative estimate of drug-likeness (QED) is 0.697. The second-order valence-corrected chi connectivity index (χ2v) is 6.60. The summed E-state index contributed by atoms with van der Waals surface area (Å²) in [6.07, 6.45) is 5.87. The summed E-state index contributed by atoms with van der Waals surface area (Å²) in [6, 6.07) is 0. The molecular weight excluding hydrogens is 192 g/mol. The molecule has 1 aliphatic rings. The van der Waals surface area contributed by atoms with E-state index < -0.39 is 0 Å². The van der Waals surface area contributed by atoms with Gasteiger partial charge in [-0.2, -0.15) is 35.3 Å². The van der Waals surface area contributed by atoms with Crippen LogP contribution in [0.25, 0.3) is 0 Å². The summed E-state index contributed by atoms with van der Waals surface area (Å²) in [5.41, 5.74) is 0. The molecule has 0 nitrogen and oxygen atoms in total. The fourth-order valence-corrected chi connectivity index (χ4v) is 4.43. The molecule has 0 aromatic heterocycles. The van der Waals surface area contributed by atoms with Crippen molar-refractivity contribution in [3.05, 3.63) is 0 Å². The van der Waals surface area contributed by atoms with E-state index >= 15 is 0 Å². The molecule has 0 aromatic rings. The lowest BCUT2D eigenvalue weighted by atomic mass is 10.2. The van der Waals surface area contributed by atoms with E-state index in [1.807, 2.05) is 23.5 Å². The second-order valence-electron chi connectivity index (χ2n) is 2.93. The van der Waals surface area contributed by atoms with E-state index in [2.05, 4.69) is 31.2 Å². The Hall–Kier alpha value is 1.05. The number of hydrogen-bond acceptors (Lipinski definition) is 3. The normalized spacial score (nSPS) is 33.0. The van der Waals surface area contributed by atoms with Crippen LogP contribution in [0.15, 0.2) is 0 Å². The minimum atomic E-state index is 0.859. The minimum Gasteiger partial charge on any atom is -0.164 e. The molecule has 3 atom stereocenters. The van der Waals surface area contributed by atoms with Crippen LogP contribution in [-0.4, -0.2) is 34.0 Å². The van der Waals surface area contributed by atoms with Crippen LogP contribution < -0.4 is 0 Å². The Labute approximate surface area is 82.7 Å². The van der Waals surface area contributed by atoms with Gasteiger partial charge in [0.25, 0.3) is 0 Å². The van der Waals surface area contributed by atoms with Crippen LogP contribution in [0, 0.1) is 0 Å². The highest BCUT2D eigenvalue weighted by atomic mass is 32.2. The van der Waals surface area contributed by atoms with Crippen molar-refractivity contribution in [1.29, 1.82) is 0 Å². The van der Waals surface area contributed by atoms with Gasteiger partial charge in [0.15, 0.2) is 0 Å². The molecule has 11 heavy (non-hydrogen) atoms. The topological polar surface area (TPSA) is 0 Å². The van der Waals surface area contributed by atoms with Crippen LogP contribution in [0.1, 0.15) is 13.3 Å².